The number of nitrogens with zero attached hydrogens (tertiary/aromatic N) is 2. The summed E-state index contributed by atoms with van der Waals surface area (Å²) in [6, 6.07) is 37.1. The van der Waals surface area contributed by atoms with E-state index in [9.17, 15) is 0 Å². The molecule has 0 fully saturated rings. The van der Waals surface area contributed by atoms with Crippen LogP contribution < -0.4 is 4.90 Å². The van der Waals surface area contributed by atoms with Crippen molar-refractivity contribution in [2.24, 2.45) is 0 Å². The number of anilines is 1. The van der Waals surface area contributed by atoms with Gasteiger partial charge in [0, 0.05) is 21.1 Å². The number of benzene rings is 4. The summed E-state index contributed by atoms with van der Waals surface area (Å²) < 4.78 is 26.6. The quantitative estimate of drug-likeness (QED) is 0.340. The summed E-state index contributed by atoms with van der Waals surface area (Å²) in [6.45, 7) is 1.81. The van der Waals surface area contributed by atoms with E-state index in [4.69, 9.17) is 4.11 Å². The minimum atomic E-state index is -2.29. The highest BCUT2D eigenvalue weighted by molar-refractivity contribution is 5.85. The maximum atomic E-state index is 8.85. The van der Waals surface area contributed by atoms with E-state index in [1.807, 2.05) is 78.6 Å². The predicted molar refractivity (Wildman–Crippen MR) is 137 cm³/mol. The SMILES string of the molecule is [2H]C([2H])([2H])C1N(c2ccccc2C)C(C)=C2c3ccccc3C(c3ccccc3)(c3ccccc3)N21. The summed E-state index contributed by atoms with van der Waals surface area (Å²) >= 11 is 0. The first kappa shape index (κ1) is 16.8. The lowest BCUT2D eigenvalue weighted by molar-refractivity contribution is 0.222. The van der Waals surface area contributed by atoms with Gasteiger partial charge >= 0.3 is 0 Å². The molecule has 0 amide bonds. The van der Waals surface area contributed by atoms with Gasteiger partial charge < -0.3 is 9.80 Å². The van der Waals surface area contributed by atoms with Crippen LogP contribution >= 0.6 is 0 Å². The van der Waals surface area contributed by atoms with Gasteiger partial charge in [0.15, 0.2) is 0 Å². The Balaban J connectivity index is 1.76. The van der Waals surface area contributed by atoms with Gasteiger partial charge in [-0.25, -0.2) is 0 Å². The Morgan fingerprint density at radius 2 is 1.27 bits per heavy atom. The largest absolute Gasteiger partial charge is 0.331 e. The highest BCUT2D eigenvalue weighted by Crippen LogP contribution is 2.58. The van der Waals surface area contributed by atoms with Crippen molar-refractivity contribution in [3.8, 4) is 0 Å². The molecule has 4 aromatic rings. The number of hydrogen-bond donors (Lipinski definition) is 0. The number of para-hydroxylation sites is 1. The van der Waals surface area contributed by atoms with Crippen LogP contribution in [0.3, 0.4) is 0 Å². The van der Waals surface area contributed by atoms with E-state index < -0.39 is 18.6 Å². The second-order valence-corrected chi connectivity index (χ2v) is 8.82. The summed E-state index contributed by atoms with van der Waals surface area (Å²) in [5, 5.41) is 0. The molecular weight excluding hydrogens is 400 g/mol. The standard InChI is InChI=1S/C31H28N2/c1-22-14-10-13-21-29(22)32-23(2)30-27-19-11-12-20-28(27)31(33(30)24(32)3,25-15-6-4-7-16-25)26-17-8-5-9-18-26/h4-21,24H,1-3H3/i3D3. The van der Waals surface area contributed by atoms with Gasteiger partial charge in [0.1, 0.15) is 11.7 Å². The van der Waals surface area contributed by atoms with E-state index in [1.165, 1.54) is 0 Å². The Hall–Kier alpha value is -3.78. The van der Waals surface area contributed by atoms with E-state index in [-0.39, 0.29) is 0 Å². The summed E-state index contributed by atoms with van der Waals surface area (Å²) in [4.78, 5) is 4.21. The van der Waals surface area contributed by atoms with Crippen LogP contribution in [0.1, 0.15) is 45.7 Å². The third-order valence-corrected chi connectivity index (χ3v) is 7.13. The smallest absolute Gasteiger partial charge is 0.119 e. The predicted octanol–water partition coefficient (Wildman–Crippen LogP) is 7.16. The molecule has 1 atom stereocenters. The lowest BCUT2D eigenvalue weighted by Gasteiger charge is -2.45. The van der Waals surface area contributed by atoms with Crippen molar-refractivity contribution in [2.45, 2.75) is 32.4 Å². The second-order valence-electron chi connectivity index (χ2n) is 8.82. The van der Waals surface area contributed by atoms with Crippen molar-refractivity contribution in [3.05, 3.63) is 143 Å². The molecule has 0 spiro atoms. The zero-order valence-corrected chi connectivity index (χ0v) is 18.9. The van der Waals surface area contributed by atoms with Gasteiger partial charge in [-0.2, -0.15) is 0 Å². The molecule has 0 radical (unpaired) electrons. The minimum Gasteiger partial charge on any atom is -0.331 e. The first-order valence-electron chi connectivity index (χ1n) is 12.9. The summed E-state index contributed by atoms with van der Waals surface area (Å²) in [6.07, 6.45) is -0.888. The van der Waals surface area contributed by atoms with Crippen molar-refractivity contribution >= 4 is 11.4 Å². The third-order valence-electron chi connectivity index (χ3n) is 7.13. The van der Waals surface area contributed by atoms with Crippen LogP contribution in [0.25, 0.3) is 5.70 Å². The van der Waals surface area contributed by atoms with Gasteiger partial charge in [0.05, 0.1) is 5.70 Å². The Labute approximate surface area is 200 Å². The topological polar surface area (TPSA) is 6.48 Å². The lowest BCUT2D eigenvalue weighted by Crippen LogP contribution is -2.49. The van der Waals surface area contributed by atoms with Gasteiger partial charge in [0.2, 0.25) is 0 Å². The van der Waals surface area contributed by atoms with Crippen molar-refractivity contribution < 1.29 is 4.11 Å². The Kier molecular flexibility index (Phi) is 3.76. The van der Waals surface area contributed by atoms with Gasteiger partial charge in [-0.3, -0.25) is 0 Å². The van der Waals surface area contributed by atoms with Gasteiger partial charge in [-0.05, 0) is 49.0 Å². The highest BCUT2D eigenvalue weighted by Gasteiger charge is 2.56. The molecular formula is C31H28N2. The van der Waals surface area contributed by atoms with E-state index in [2.05, 4.69) is 54.3 Å². The summed E-state index contributed by atoms with van der Waals surface area (Å²) in [7, 11) is 0. The molecule has 2 aliphatic rings. The first-order valence-corrected chi connectivity index (χ1v) is 11.4. The molecule has 2 heteroatoms. The van der Waals surface area contributed by atoms with Gasteiger partial charge in [-0.1, -0.05) is 103 Å². The average Bonchev–Trinajstić information content (AvgIpc) is 3.36. The normalized spacial score (nSPS) is 20.2. The molecule has 0 saturated heterocycles. The summed E-state index contributed by atoms with van der Waals surface area (Å²) in [5.41, 5.74) is 7.38. The number of hydrogen-bond acceptors (Lipinski definition) is 2. The van der Waals surface area contributed by atoms with Crippen LogP contribution in [0.2, 0.25) is 0 Å². The van der Waals surface area contributed by atoms with E-state index >= 15 is 0 Å². The monoisotopic (exact) mass is 431 g/mol. The van der Waals surface area contributed by atoms with Gasteiger partial charge in [-0.15, -0.1) is 0 Å². The Morgan fingerprint density at radius 3 is 1.91 bits per heavy atom. The zero-order valence-electron chi connectivity index (χ0n) is 21.9. The van der Waals surface area contributed by atoms with Crippen molar-refractivity contribution in [1.29, 1.82) is 0 Å². The van der Waals surface area contributed by atoms with Crippen LogP contribution in [0.4, 0.5) is 5.69 Å². The van der Waals surface area contributed by atoms with E-state index in [1.54, 1.807) is 0 Å². The fraction of sp³-hybridized carbons (Fsp3) is 0.161. The number of rotatable bonds is 3. The molecule has 2 nitrogen and oxygen atoms in total. The van der Waals surface area contributed by atoms with Crippen molar-refractivity contribution in [1.82, 2.24) is 4.90 Å². The second kappa shape index (κ2) is 7.38. The molecule has 0 bridgehead atoms. The molecule has 4 aromatic carbocycles. The number of aryl methyl sites for hydroxylation is 1. The molecule has 33 heavy (non-hydrogen) atoms. The molecule has 2 aliphatic heterocycles. The fourth-order valence-corrected chi connectivity index (χ4v) is 5.78. The molecule has 1 unspecified atom stereocenters. The first-order chi connectivity index (χ1) is 17.4. The van der Waals surface area contributed by atoms with E-state index in [0.717, 1.165) is 44.9 Å². The molecule has 0 N–H and O–H groups in total. The van der Waals surface area contributed by atoms with Crippen LogP contribution in [-0.2, 0) is 5.54 Å². The van der Waals surface area contributed by atoms with Gasteiger partial charge in [0.25, 0.3) is 0 Å². The maximum absolute atomic E-state index is 8.85. The zero-order chi connectivity index (χ0) is 25.1. The van der Waals surface area contributed by atoms with Crippen molar-refractivity contribution in [2.75, 3.05) is 4.90 Å². The fourth-order valence-electron chi connectivity index (χ4n) is 5.78. The summed E-state index contributed by atoms with van der Waals surface area (Å²) in [5.74, 6) is 0. The maximum Gasteiger partial charge on any atom is 0.119 e. The molecule has 6 rings (SSSR count). The van der Waals surface area contributed by atoms with Crippen LogP contribution in [0.5, 0.6) is 0 Å². The highest BCUT2D eigenvalue weighted by atomic mass is 15.5. The van der Waals surface area contributed by atoms with Crippen LogP contribution in [0, 0.1) is 6.92 Å². The average molecular weight is 432 g/mol. The molecule has 0 aromatic heterocycles. The molecule has 0 aliphatic carbocycles. The van der Waals surface area contributed by atoms with E-state index in [0.29, 0.717) is 0 Å². The third kappa shape index (κ3) is 2.61. The van der Waals surface area contributed by atoms with Crippen LogP contribution in [-0.4, -0.2) is 11.1 Å². The van der Waals surface area contributed by atoms with Crippen LogP contribution in [0.15, 0.2) is 115 Å². The number of allylic oxidation sites excluding steroid dienone is 1. The number of fused-ring (bicyclic) bond motifs is 3. The Morgan fingerprint density at radius 1 is 0.697 bits per heavy atom. The Bertz CT molecular complexity index is 1420. The van der Waals surface area contributed by atoms with Crippen molar-refractivity contribution in [3.63, 3.8) is 0 Å². The lowest BCUT2D eigenvalue weighted by atomic mass is 9.76. The molecule has 0 saturated carbocycles. The minimum absolute atomic E-state index is 0.799. The molecule has 162 valence electrons. The molecule has 2 heterocycles.